The molecule has 1 unspecified atom stereocenters. The Bertz CT molecular complexity index is 684. The highest BCUT2D eigenvalue weighted by Crippen LogP contribution is 2.43. The van der Waals surface area contributed by atoms with Crippen molar-refractivity contribution in [1.29, 1.82) is 0 Å². The van der Waals surface area contributed by atoms with Gasteiger partial charge in [0.2, 0.25) is 0 Å². The van der Waals surface area contributed by atoms with E-state index in [-0.39, 0.29) is 12.1 Å². The Hall–Kier alpha value is -1.35. The first-order valence-electron chi connectivity index (χ1n) is 15.9. The minimum Gasteiger partial charge on any atom is -0.466 e. The topological polar surface area (TPSA) is 46.5 Å². The van der Waals surface area contributed by atoms with Crippen LogP contribution < -0.4 is 0 Å². The van der Waals surface area contributed by atoms with Crippen LogP contribution in [0.25, 0.3) is 0 Å². The molecular formula is C35H62O3. The van der Waals surface area contributed by atoms with Crippen molar-refractivity contribution in [2.75, 3.05) is 6.61 Å². The highest BCUT2D eigenvalue weighted by molar-refractivity contribution is 5.69. The number of hydrogen-bond acceptors (Lipinski definition) is 3. The maximum absolute atomic E-state index is 11.9. The maximum atomic E-state index is 11.9. The lowest BCUT2D eigenvalue weighted by atomic mass is 9.65. The van der Waals surface area contributed by atoms with Gasteiger partial charge in [-0.3, -0.25) is 4.79 Å². The zero-order valence-corrected chi connectivity index (χ0v) is 26.0. The van der Waals surface area contributed by atoms with Crippen molar-refractivity contribution in [1.82, 2.24) is 0 Å². The van der Waals surface area contributed by atoms with Crippen molar-refractivity contribution in [3.63, 3.8) is 0 Å². The van der Waals surface area contributed by atoms with Crippen molar-refractivity contribution >= 4 is 5.97 Å². The molecule has 0 aromatic heterocycles. The molecule has 1 aromatic rings. The van der Waals surface area contributed by atoms with Crippen LogP contribution in [-0.4, -0.2) is 23.8 Å². The molecule has 1 aromatic carbocycles. The van der Waals surface area contributed by atoms with Gasteiger partial charge in [-0.15, -0.1) is 0 Å². The number of esters is 1. The van der Waals surface area contributed by atoms with E-state index in [2.05, 4.69) is 41.5 Å². The molecule has 0 aliphatic carbocycles. The molecule has 0 amide bonds. The number of benzene rings is 1. The maximum Gasteiger partial charge on any atom is 0.306 e. The third-order valence-electron chi connectivity index (χ3n) is 8.03. The van der Waals surface area contributed by atoms with Crippen LogP contribution in [0.5, 0.6) is 0 Å². The van der Waals surface area contributed by atoms with Crippen LogP contribution >= 0.6 is 0 Å². The molecule has 1 atom stereocenters. The summed E-state index contributed by atoms with van der Waals surface area (Å²) in [6, 6.07) is 10.0. The summed E-state index contributed by atoms with van der Waals surface area (Å²) in [6.45, 7) is 14.8. The summed E-state index contributed by atoms with van der Waals surface area (Å²) >= 11 is 0. The van der Waals surface area contributed by atoms with E-state index < -0.39 is 0 Å². The summed E-state index contributed by atoms with van der Waals surface area (Å²) in [4.78, 5) is 11.9. The molecule has 0 fully saturated rings. The Morgan fingerprint density at radius 3 is 1.63 bits per heavy atom. The van der Waals surface area contributed by atoms with Gasteiger partial charge in [0.05, 0.1) is 12.7 Å². The number of carbonyl (C=O) groups excluding carboxylic acids is 1. The van der Waals surface area contributed by atoms with Crippen LogP contribution in [-0.2, 0) is 16.0 Å². The second kappa shape index (κ2) is 19.7. The normalized spacial score (nSPS) is 13.2. The second-order valence-electron chi connectivity index (χ2n) is 13.8. The number of carbonyl (C=O) groups is 1. The quantitative estimate of drug-likeness (QED) is 0.127. The summed E-state index contributed by atoms with van der Waals surface area (Å²) in [5.41, 5.74) is 1.96. The predicted molar refractivity (Wildman–Crippen MR) is 163 cm³/mol. The van der Waals surface area contributed by atoms with Crippen LogP contribution in [0.4, 0.5) is 0 Å². The number of aliphatic hydroxyl groups excluding tert-OH is 1. The lowest BCUT2D eigenvalue weighted by Gasteiger charge is -2.41. The van der Waals surface area contributed by atoms with Crippen LogP contribution in [0.1, 0.15) is 150 Å². The van der Waals surface area contributed by atoms with E-state index >= 15 is 0 Å². The molecule has 0 aliphatic rings. The van der Waals surface area contributed by atoms with Crippen molar-refractivity contribution in [2.24, 2.45) is 16.7 Å². The van der Waals surface area contributed by atoms with Gasteiger partial charge >= 0.3 is 5.97 Å². The standard InChI is InChI=1S/C35H62O3/c1-34(2,3)32(35(4,5)6)26-20-15-13-11-9-7-8-10-12-14-19-24-31(36)25-21-29-38-33(37)28-27-30-22-17-16-18-23-30/h16-18,22-23,31-32,36H,7-15,19-21,24-29H2,1-6H3. The highest BCUT2D eigenvalue weighted by Gasteiger charge is 2.33. The zero-order chi connectivity index (χ0) is 28.3. The van der Waals surface area contributed by atoms with Crippen molar-refractivity contribution in [2.45, 2.75) is 157 Å². The molecule has 0 spiro atoms. The average molecular weight is 531 g/mol. The predicted octanol–water partition coefficient (Wildman–Crippen LogP) is 10.1. The summed E-state index contributed by atoms with van der Waals surface area (Å²) in [6.07, 6.45) is 19.2. The van der Waals surface area contributed by atoms with Gasteiger partial charge < -0.3 is 9.84 Å². The van der Waals surface area contributed by atoms with E-state index in [1.807, 2.05) is 30.3 Å². The first-order valence-corrected chi connectivity index (χ1v) is 15.9. The molecule has 0 aliphatic heterocycles. The van der Waals surface area contributed by atoms with Gasteiger partial charge in [0, 0.05) is 6.42 Å². The average Bonchev–Trinajstić information content (AvgIpc) is 2.84. The van der Waals surface area contributed by atoms with Gasteiger partial charge in [-0.05, 0) is 54.4 Å². The molecule has 1 N–H and O–H groups in total. The molecule has 1 rings (SSSR count). The molecule has 38 heavy (non-hydrogen) atoms. The van der Waals surface area contributed by atoms with Gasteiger partial charge in [0.1, 0.15) is 0 Å². The van der Waals surface area contributed by atoms with Gasteiger partial charge in [0.25, 0.3) is 0 Å². The molecule has 0 saturated carbocycles. The summed E-state index contributed by atoms with van der Waals surface area (Å²) in [5.74, 6) is 0.643. The fourth-order valence-corrected chi connectivity index (χ4v) is 6.10. The monoisotopic (exact) mass is 530 g/mol. The molecule has 220 valence electrons. The smallest absolute Gasteiger partial charge is 0.306 e. The molecular weight excluding hydrogens is 468 g/mol. The number of aryl methyl sites for hydroxylation is 1. The fourth-order valence-electron chi connectivity index (χ4n) is 6.10. The second-order valence-corrected chi connectivity index (χ2v) is 13.8. The minimum absolute atomic E-state index is 0.145. The fraction of sp³-hybridized carbons (Fsp3) is 0.800. The molecule has 0 saturated heterocycles. The summed E-state index contributed by atoms with van der Waals surface area (Å²) in [5, 5.41) is 10.2. The van der Waals surface area contributed by atoms with Crippen LogP contribution in [0.3, 0.4) is 0 Å². The summed E-state index contributed by atoms with van der Waals surface area (Å²) in [7, 11) is 0. The Morgan fingerprint density at radius 2 is 1.13 bits per heavy atom. The largest absolute Gasteiger partial charge is 0.466 e. The third-order valence-corrected chi connectivity index (χ3v) is 8.03. The Kier molecular flexibility index (Phi) is 17.9. The van der Waals surface area contributed by atoms with Gasteiger partial charge in [-0.1, -0.05) is 143 Å². The Labute approximate surface area is 236 Å². The molecule has 0 bridgehead atoms. The van der Waals surface area contributed by atoms with E-state index in [9.17, 15) is 9.90 Å². The lowest BCUT2D eigenvalue weighted by Crippen LogP contribution is -2.32. The van der Waals surface area contributed by atoms with E-state index in [1.165, 1.54) is 70.6 Å². The highest BCUT2D eigenvalue weighted by atomic mass is 16.5. The van der Waals surface area contributed by atoms with Crippen LogP contribution in [0.15, 0.2) is 30.3 Å². The van der Waals surface area contributed by atoms with Crippen molar-refractivity contribution in [3.8, 4) is 0 Å². The number of ether oxygens (including phenoxy) is 1. The zero-order valence-electron chi connectivity index (χ0n) is 26.0. The van der Waals surface area contributed by atoms with Crippen LogP contribution in [0.2, 0.25) is 0 Å². The van der Waals surface area contributed by atoms with E-state index in [0.29, 0.717) is 23.9 Å². The van der Waals surface area contributed by atoms with Gasteiger partial charge in [-0.2, -0.15) is 0 Å². The SMILES string of the molecule is CC(C)(C)C(CCCCCCCCCCCCCC(O)CCCOC(=O)CCc1ccccc1)C(C)(C)C. The van der Waals surface area contributed by atoms with Gasteiger partial charge in [0.15, 0.2) is 0 Å². The van der Waals surface area contributed by atoms with Crippen molar-refractivity contribution < 1.29 is 14.6 Å². The molecule has 3 nitrogen and oxygen atoms in total. The van der Waals surface area contributed by atoms with E-state index in [4.69, 9.17) is 4.74 Å². The van der Waals surface area contributed by atoms with E-state index in [0.717, 1.165) is 43.6 Å². The van der Waals surface area contributed by atoms with Crippen LogP contribution in [0, 0.1) is 16.7 Å². The number of rotatable bonds is 21. The first kappa shape index (κ1) is 34.7. The Balaban J connectivity index is 1.87. The van der Waals surface area contributed by atoms with E-state index in [1.54, 1.807) is 0 Å². The summed E-state index contributed by atoms with van der Waals surface area (Å²) < 4.78 is 5.31. The molecule has 0 radical (unpaired) electrons. The Morgan fingerprint density at radius 1 is 0.684 bits per heavy atom. The lowest BCUT2D eigenvalue weighted by molar-refractivity contribution is -0.143. The number of unbranched alkanes of at least 4 members (excludes halogenated alkanes) is 10. The van der Waals surface area contributed by atoms with Crippen molar-refractivity contribution in [3.05, 3.63) is 35.9 Å². The minimum atomic E-state index is -0.264. The molecule has 3 heteroatoms. The third kappa shape index (κ3) is 18.0. The van der Waals surface area contributed by atoms with Gasteiger partial charge in [-0.25, -0.2) is 0 Å². The number of aliphatic hydroxyl groups is 1. The first-order chi connectivity index (χ1) is 18.0. The number of hydrogen-bond donors (Lipinski definition) is 1. The molecule has 0 heterocycles.